The predicted octanol–water partition coefficient (Wildman–Crippen LogP) is 3.39. The van der Waals surface area contributed by atoms with Crippen LogP contribution in [-0.2, 0) is 0 Å². The highest BCUT2D eigenvalue weighted by Crippen LogP contribution is 2.28. The van der Waals surface area contributed by atoms with Gasteiger partial charge in [0.1, 0.15) is 13.6 Å². The fourth-order valence-electron chi connectivity index (χ4n) is 3.71. The van der Waals surface area contributed by atoms with Crippen LogP contribution in [0.1, 0.15) is 25.7 Å². The predicted molar refractivity (Wildman–Crippen MR) is 103 cm³/mol. The van der Waals surface area contributed by atoms with E-state index in [2.05, 4.69) is 59.8 Å². The molecule has 0 amide bonds. The molecule has 3 aliphatic heterocycles. The highest BCUT2D eigenvalue weighted by Gasteiger charge is 2.20. The molecule has 0 radical (unpaired) electrons. The molecule has 1 saturated heterocycles. The zero-order chi connectivity index (χ0) is 17.1. The van der Waals surface area contributed by atoms with E-state index in [-0.39, 0.29) is 0 Å². The average Bonchev–Trinajstić information content (AvgIpc) is 3.15. The minimum Gasteiger partial charge on any atom is -0.378 e. The molecule has 0 aromatic rings. The summed E-state index contributed by atoms with van der Waals surface area (Å²) in [7, 11) is 6.51. The van der Waals surface area contributed by atoms with E-state index in [1.54, 1.807) is 0 Å². The number of likely N-dealkylation sites (N-methyl/N-ethyl adjacent to an activating group) is 1. The molecule has 0 spiro atoms. The normalized spacial score (nSPS) is 26.9. The second-order valence-electron chi connectivity index (χ2n) is 7.24. The van der Waals surface area contributed by atoms with Gasteiger partial charge in [0.2, 0.25) is 0 Å². The van der Waals surface area contributed by atoms with Gasteiger partial charge in [0.05, 0.1) is 0 Å². The Morgan fingerprint density at radius 3 is 2.54 bits per heavy atom. The van der Waals surface area contributed by atoms with Crippen molar-refractivity contribution in [3.8, 4) is 0 Å². The highest BCUT2D eigenvalue weighted by molar-refractivity contribution is 6.32. The van der Waals surface area contributed by atoms with Gasteiger partial charge in [-0.25, -0.2) is 4.58 Å². The van der Waals surface area contributed by atoms with Crippen molar-refractivity contribution >= 4 is 17.3 Å². The number of hydrogen-bond acceptors (Lipinski definition) is 2. The summed E-state index contributed by atoms with van der Waals surface area (Å²) in [6.07, 6.45) is 13.8. The molecule has 0 N–H and O–H groups in total. The van der Waals surface area contributed by atoms with Gasteiger partial charge in [-0.1, -0.05) is 23.8 Å². The first kappa shape index (κ1) is 17.5. The van der Waals surface area contributed by atoms with Crippen molar-refractivity contribution < 1.29 is 4.58 Å². The van der Waals surface area contributed by atoms with Crippen LogP contribution in [0.4, 0.5) is 0 Å². The van der Waals surface area contributed by atoms with Gasteiger partial charge in [0.25, 0.3) is 0 Å². The molecule has 1 fully saturated rings. The highest BCUT2D eigenvalue weighted by atomic mass is 35.5. The second kappa shape index (κ2) is 7.71. The van der Waals surface area contributed by atoms with Crippen molar-refractivity contribution in [3.05, 3.63) is 46.2 Å². The van der Waals surface area contributed by atoms with E-state index in [0.29, 0.717) is 0 Å². The van der Waals surface area contributed by atoms with Gasteiger partial charge in [-0.2, -0.15) is 0 Å². The molecule has 3 heterocycles. The Morgan fingerprint density at radius 2 is 1.88 bits per heavy atom. The average molecular weight is 347 g/mol. The first-order chi connectivity index (χ1) is 11.5. The van der Waals surface area contributed by atoms with Gasteiger partial charge in [-0.15, -0.1) is 0 Å². The summed E-state index contributed by atoms with van der Waals surface area (Å²) in [5.74, 6) is 0. The molecule has 3 rings (SSSR count). The smallest absolute Gasteiger partial charge is 0.176 e. The SMILES string of the molecule is CN1CC(/C=C/C2=[N+](C)CCC2)=C(Cl)C(=C/C=C2\CCCN2C)/C1. The summed E-state index contributed by atoms with van der Waals surface area (Å²) in [4.78, 5) is 4.67. The van der Waals surface area contributed by atoms with Crippen LogP contribution in [-0.4, -0.2) is 67.4 Å². The minimum absolute atomic E-state index is 0.917. The monoisotopic (exact) mass is 346 g/mol. The zero-order valence-electron chi connectivity index (χ0n) is 15.2. The van der Waals surface area contributed by atoms with Crippen LogP contribution >= 0.6 is 11.6 Å². The number of hydrogen-bond donors (Lipinski definition) is 0. The summed E-state index contributed by atoms with van der Waals surface area (Å²) in [6, 6.07) is 0. The molecule has 0 saturated carbocycles. The molecule has 0 unspecified atom stereocenters. The third-order valence-corrected chi connectivity index (χ3v) is 5.72. The third kappa shape index (κ3) is 4.01. The van der Waals surface area contributed by atoms with E-state index < -0.39 is 0 Å². The quantitative estimate of drug-likeness (QED) is 0.724. The maximum Gasteiger partial charge on any atom is 0.176 e. The number of rotatable bonds is 3. The molecule has 0 aliphatic carbocycles. The van der Waals surface area contributed by atoms with Crippen molar-refractivity contribution in [2.75, 3.05) is 47.3 Å². The standard InChI is InChI=1S/C20H29ClN3/c1-22-14-16(8-10-18-6-4-12-23(18)2)20(21)17(15-22)9-11-19-7-5-13-24(19)3/h8-11H,4-7,12-15H2,1-3H3/q+1. The zero-order valence-corrected chi connectivity index (χ0v) is 15.9. The Hall–Kier alpha value is -1.32. The van der Waals surface area contributed by atoms with Crippen LogP contribution < -0.4 is 0 Å². The van der Waals surface area contributed by atoms with Crippen LogP contribution in [0.5, 0.6) is 0 Å². The first-order valence-electron chi connectivity index (χ1n) is 8.98. The van der Waals surface area contributed by atoms with Crippen LogP contribution in [0, 0.1) is 0 Å². The van der Waals surface area contributed by atoms with Crippen molar-refractivity contribution in [1.29, 1.82) is 0 Å². The molecule has 130 valence electrons. The number of likely N-dealkylation sites (tertiary alicyclic amines) is 1. The van der Waals surface area contributed by atoms with Crippen LogP contribution in [0.25, 0.3) is 0 Å². The topological polar surface area (TPSA) is 9.49 Å². The van der Waals surface area contributed by atoms with Crippen molar-refractivity contribution in [2.45, 2.75) is 25.7 Å². The summed E-state index contributed by atoms with van der Waals surface area (Å²) >= 11 is 6.73. The molecule has 0 bridgehead atoms. The molecule has 24 heavy (non-hydrogen) atoms. The molecular formula is C20H29ClN3+. The Bertz CT molecular complexity index is 652. The summed E-state index contributed by atoms with van der Waals surface area (Å²) in [6.45, 7) is 4.16. The number of nitrogens with zero attached hydrogens (tertiary/aromatic N) is 3. The van der Waals surface area contributed by atoms with Crippen LogP contribution in [0.15, 0.2) is 46.2 Å². The Labute approximate surface area is 151 Å². The lowest BCUT2D eigenvalue weighted by atomic mass is 10.0. The summed E-state index contributed by atoms with van der Waals surface area (Å²) < 4.78 is 2.34. The molecule has 0 atom stereocenters. The lowest BCUT2D eigenvalue weighted by molar-refractivity contribution is -0.487. The second-order valence-corrected chi connectivity index (χ2v) is 7.61. The summed E-state index contributed by atoms with van der Waals surface area (Å²) in [5, 5.41) is 0.933. The number of halogens is 1. The van der Waals surface area contributed by atoms with E-state index >= 15 is 0 Å². The lowest BCUT2D eigenvalue weighted by Crippen LogP contribution is -2.28. The van der Waals surface area contributed by atoms with Crippen molar-refractivity contribution in [1.82, 2.24) is 9.80 Å². The fourth-order valence-corrected chi connectivity index (χ4v) is 3.96. The van der Waals surface area contributed by atoms with Gasteiger partial charge in [0.15, 0.2) is 5.71 Å². The first-order valence-corrected chi connectivity index (χ1v) is 9.36. The van der Waals surface area contributed by atoms with E-state index in [1.165, 1.54) is 61.3 Å². The maximum absolute atomic E-state index is 6.73. The maximum atomic E-state index is 6.73. The lowest BCUT2D eigenvalue weighted by Gasteiger charge is -2.26. The van der Waals surface area contributed by atoms with E-state index in [4.69, 9.17) is 11.6 Å². The Kier molecular flexibility index (Phi) is 5.62. The fraction of sp³-hybridized carbons (Fsp3) is 0.550. The molecule has 4 heteroatoms. The minimum atomic E-state index is 0.917. The van der Waals surface area contributed by atoms with Gasteiger partial charge < -0.3 is 4.90 Å². The Morgan fingerprint density at radius 1 is 1.04 bits per heavy atom. The van der Waals surface area contributed by atoms with Gasteiger partial charge >= 0.3 is 0 Å². The van der Waals surface area contributed by atoms with E-state index in [0.717, 1.165) is 18.1 Å². The van der Waals surface area contributed by atoms with Crippen molar-refractivity contribution in [2.24, 2.45) is 0 Å². The van der Waals surface area contributed by atoms with Gasteiger partial charge in [0, 0.05) is 56.3 Å². The summed E-state index contributed by atoms with van der Waals surface area (Å²) in [5.41, 5.74) is 5.28. The van der Waals surface area contributed by atoms with Crippen molar-refractivity contribution in [3.63, 3.8) is 0 Å². The third-order valence-electron chi connectivity index (χ3n) is 5.23. The molecule has 3 nitrogen and oxygen atoms in total. The molecule has 0 aromatic carbocycles. The van der Waals surface area contributed by atoms with E-state index in [1.807, 2.05) is 0 Å². The largest absolute Gasteiger partial charge is 0.378 e. The van der Waals surface area contributed by atoms with Gasteiger partial charge in [-0.05, 0) is 37.1 Å². The molecule has 0 aromatic heterocycles. The van der Waals surface area contributed by atoms with Crippen LogP contribution in [0.2, 0.25) is 0 Å². The Balaban J connectivity index is 1.82. The molecule has 3 aliphatic rings. The van der Waals surface area contributed by atoms with Crippen LogP contribution in [0.3, 0.4) is 0 Å². The number of allylic oxidation sites excluding steroid dienone is 4. The molecular weight excluding hydrogens is 318 g/mol. The van der Waals surface area contributed by atoms with Gasteiger partial charge in [-0.3, -0.25) is 4.90 Å². The van der Waals surface area contributed by atoms with E-state index in [9.17, 15) is 0 Å².